The van der Waals surface area contributed by atoms with Crippen LogP contribution in [0.1, 0.15) is 127 Å². The van der Waals surface area contributed by atoms with E-state index in [4.69, 9.17) is 25.2 Å². The Bertz CT molecular complexity index is 2910. The largest absolute Gasteiger partial charge is 0.444 e. The summed E-state index contributed by atoms with van der Waals surface area (Å²) in [6.07, 6.45) is 7.37. The fourth-order valence-corrected chi connectivity index (χ4v) is 13.4. The lowest BCUT2D eigenvalue weighted by Gasteiger charge is -2.30. The first-order valence-electron chi connectivity index (χ1n) is 24.5. The predicted molar refractivity (Wildman–Crippen MR) is 307 cm³/mol. The third kappa shape index (κ3) is 15.5. The van der Waals surface area contributed by atoms with Gasteiger partial charge in [-0.15, -0.1) is 45.3 Å². The Kier molecular flexibility index (Phi) is 19.9. The van der Waals surface area contributed by atoms with Crippen LogP contribution in [0.3, 0.4) is 0 Å². The van der Waals surface area contributed by atoms with Gasteiger partial charge < -0.3 is 30.3 Å². The number of nitrogens with two attached hydrogens (primary N) is 1. The molecule has 18 heteroatoms. The van der Waals surface area contributed by atoms with Crippen LogP contribution in [0.5, 0.6) is 0 Å². The maximum Gasteiger partial charge on any atom is 0.410 e. The zero-order valence-corrected chi connectivity index (χ0v) is 49.5. The molecule has 2 aromatic carbocycles. The molecular weight excluding hydrogens is 1120 g/mol. The van der Waals surface area contributed by atoms with Crippen LogP contribution >= 0.6 is 77.2 Å². The molecule has 0 bridgehead atoms. The number of fused-ring (bicyclic) bond motifs is 4. The van der Waals surface area contributed by atoms with E-state index < -0.39 is 11.2 Å². The van der Waals surface area contributed by atoms with Crippen LogP contribution in [0.2, 0.25) is 0 Å². The summed E-state index contributed by atoms with van der Waals surface area (Å²) in [6.45, 7) is 25.4. The van der Waals surface area contributed by atoms with E-state index >= 15 is 0 Å². The fourth-order valence-electron chi connectivity index (χ4n) is 7.81. The van der Waals surface area contributed by atoms with Gasteiger partial charge in [-0.25, -0.2) is 19.6 Å². The molecule has 0 fully saturated rings. The van der Waals surface area contributed by atoms with Gasteiger partial charge in [-0.05, 0) is 134 Å². The molecular formula is C54H68Br2N6O6S4. The lowest BCUT2D eigenvalue weighted by Crippen LogP contribution is -2.39. The summed E-state index contributed by atoms with van der Waals surface area (Å²) >= 11 is 13.5. The lowest BCUT2D eigenvalue weighted by atomic mass is 9.98. The summed E-state index contributed by atoms with van der Waals surface area (Å²) in [6, 6.07) is 12.6. The Labute approximate surface area is 457 Å². The van der Waals surface area contributed by atoms with Crippen molar-refractivity contribution >= 4 is 127 Å². The van der Waals surface area contributed by atoms with Crippen LogP contribution in [0.4, 0.5) is 14.6 Å². The van der Waals surface area contributed by atoms with Gasteiger partial charge >= 0.3 is 12.2 Å². The van der Waals surface area contributed by atoms with Gasteiger partial charge in [0.05, 0.1) is 33.5 Å². The van der Waals surface area contributed by atoms with E-state index in [2.05, 4.69) is 70.6 Å². The van der Waals surface area contributed by atoms with E-state index in [1.165, 1.54) is 23.0 Å². The van der Waals surface area contributed by atoms with Crippen molar-refractivity contribution in [3.63, 3.8) is 0 Å². The molecule has 12 nitrogen and oxygen atoms in total. The topological polar surface area (TPSA) is 157 Å². The van der Waals surface area contributed by atoms with Gasteiger partial charge in [0, 0.05) is 66.7 Å². The summed E-state index contributed by atoms with van der Waals surface area (Å²) in [5.41, 5.74) is 10.5. The number of carbonyl (C=O) groups is 4. The van der Waals surface area contributed by atoms with Gasteiger partial charge in [0.25, 0.3) is 0 Å². The molecule has 6 aromatic rings. The number of aromatic nitrogens is 2. The molecule has 0 aliphatic carbocycles. The van der Waals surface area contributed by atoms with E-state index in [-0.39, 0.29) is 23.9 Å². The number of ether oxygens (including phenoxy) is 2. The Balaban J connectivity index is 0.000000217. The number of hydrogen-bond acceptors (Lipinski definition) is 13. The van der Waals surface area contributed by atoms with E-state index in [0.29, 0.717) is 57.4 Å². The highest BCUT2D eigenvalue weighted by Crippen LogP contribution is 2.47. The lowest BCUT2D eigenvalue weighted by molar-refractivity contribution is -0.118. The average Bonchev–Trinajstić information content (AvgIpc) is 4.09. The predicted octanol–water partition coefficient (Wildman–Crippen LogP) is 15.4. The molecule has 0 unspecified atom stereocenters. The number of Topliss-reactive ketones (excluding diaryl/α,β-unsaturated/α-hetero) is 1. The Hall–Kier alpha value is -4.04. The number of carbonyl (C=O) groups excluding carboxylic acids is 4. The average molecular weight is 1190 g/mol. The maximum atomic E-state index is 13.0. The standard InChI is InChI=1S/C28H35BrN2O3S2.C22H22BrN3O3S2.C4H11N/c1-6-17(2)8-7-9-19(32)15-23-25(26-30-21-14-18(29)10-11-22(21)36-26)20-12-13-31(16-24(20)35-23)27(33)34-28(3,4)5;1-5-17(27)25-20-18(19-24-14-10-12(23)6-7-15(14)30-19)13-8-9-26(11-16(13)31-20)21(28)29-22(2,3)4;1-3-4(2)5/h10-11,14,17H,6-9,12-13,15-16H2,1-5H3;5-7,10H,1,8-9,11H2,2-4H3,(H,25,27);4H,3,5H2,1-2H3/t17-;;4-/m0.0/s1. The molecule has 8 rings (SSSR count). The number of benzene rings is 2. The maximum absolute atomic E-state index is 13.0. The van der Waals surface area contributed by atoms with Crippen molar-refractivity contribution in [1.29, 1.82) is 0 Å². The SMILES string of the molecule is C=CC(=O)Nc1sc2c(c1-c1nc3cc(Br)ccc3s1)CCN(C(=O)OC(C)(C)C)C2.CC[C@H](C)CCCC(=O)Cc1sc2c(c1-c1nc3cc(Br)ccc3s1)CCN(C(=O)OC(C)(C)C)C2.CC[C@H](C)N. The zero-order chi connectivity index (χ0) is 52.7. The van der Waals surface area contributed by atoms with E-state index in [1.54, 1.807) is 43.8 Å². The molecule has 2 aliphatic rings. The fraction of sp³-hybridized carbons (Fsp3) is 0.481. The molecule has 3 N–H and O–H groups in total. The summed E-state index contributed by atoms with van der Waals surface area (Å²) in [5, 5.41) is 5.50. The number of ketones is 1. The van der Waals surface area contributed by atoms with Crippen molar-refractivity contribution in [2.75, 3.05) is 18.4 Å². The number of nitrogens with one attached hydrogen (secondary N) is 1. The monoisotopic (exact) mass is 1180 g/mol. The molecule has 72 heavy (non-hydrogen) atoms. The Morgan fingerprint density at radius 3 is 1.74 bits per heavy atom. The number of hydrogen-bond donors (Lipinski definition) is 2. The first kappa shape index (κ1) is 57.2. The zero-order valence-electron chi connectivity index (χ0n) is 43.1. The van der Waals surface area contributed by atoms with Gasteiger partial charge in [0.2, 0.25) is 5.91 Å². The first-order chi connectivity index (χ1) is 33.9. The molecule has 4 aromatic heterocycles. The van der Waals surface area contributed by atoms with Gasteiger partial charge in [-0.3, -0.25) is 9.59 Å². The second-order valence-corrected chi connectivity index (χ2v) is 26.5. The highest BCUT2D eigenvalue weighted by atomic mass is 79.9. The number of nitrogens with zero attached hydrogens (tertiary/aromatic N) is 4. The molecule has 388 valence electrons. The highest BCUT2D eigenvalue weighted by Gasteiger charge is 2.33. The highest BCUT2D eigenvalue weighted by molar-refractivity contribution is 9.10. The van der Waals surface area contributed by atoms with Gasteiger partial charge in [-0.2, -0.15) is 0 Å². The van der Waals surface area contributed by atoms with Crippen molar-refractivity contribution in [2.24, 2.45) is 11.7 Å². The summed E-state index contributed by atoms with van der Waals surface area (Å²) < 4.78 is 15.3. The third-order valence-electron chi connectivity index (χ3n) is 11.9. The number of halogens is 2. The van der Waals surface area contributed by atoms with E-state index in [0.717, 1.165) is 108 Å². The van der Waals surface area contributed by atoms with Crippen molar-refractivity contribution in [3.8, 4) is 21.1 Å². The van der Waals surface area contributed by atoms with Crippen LogP contribution in [0.15, 0.2) is 58.0 Å². The summed E-state index contributed by atoms with van der Waals surface area (Å²) in [5.74, 6) is 0.669. The molecule has 2 atom stereocenters. The molecule has 0 saturated carbocycles. The molecule has 0 saturated heterocycles. The molecule has 2 aliphatic heterocycles. The normalized spacial score (nSPS) is 14.3. The van der Waals surface area contributed by atoms with Crippen molar-refractivity contribution in [3.05, 3.63) is 83.8 Å². The van der Waals surface area contributed by atoms with Crippen LogP contribution < -0.4 is 11.1 Å². The Morgan fingerprint density at radius 2 is 1.26 bits per heavy atom. The quantitative estimate of drug-likeness (QED) is 0.114. The number of amides is 3. The molecule has 3 amide bonds. The van der Waals surface area contributed by atoms with Gasteiger partial charge in [0.1, 0.15) is 32.0 Å². The minimum atomic E-state index is -0.545. The van der Waals surface area contributed by atoms with Gasteiger partial charge in [-0.1, -0.05) is 72.1 Å². The Morgan fingerprint density at radius 1 is 0.778 bits per heavy atom. The van der Waals surface area contributed by atoms with Crippen molar-refractivity contribution < 1.29 is 28.7 Å². The smallest absolute Gasteiger partial charge is 0.410 e. The number of anilines is 1. The first-order valence-corrected chi connectivity index (χ1v) is 29.4. The van der Waals surface area contributed by atoms with Crippen LogP contribution in [-0.2, 0) is 51.4 Å². The number of rotatable bonds is 12. The molecule has 6 heterocycles. The van der Waals surface area contributed by atoms with E-state index in [1.807, 2.05) is 78.8 Å². The van der Waals surface area contributed by atoms with Crippen LogP contribution in [-0.4, -0.2) is 74.0 Å². The van der Waals surface area contributed by atoms with Crippen molar-refractivity contribution in [1.82, 2.24) is 19.8 Å². The van der Waals surface area contributed by atoms with Crippen LogP contribution in [0, 0.1) is 5.92 Å². The summed E-state index contributed by atoms with van der Waals surface area (Å²) in [7, 11) is 0. The van der Waals surface area contributed by atoms with Crippen molar-refractivity contribution in [2.45, 2.75) is 151 Å². The number of thiazole rings is 2. The third-order valence-corrected chi connectivity index (χ3v) is 17.3. The second kappa shape index (κ2) is 25.0. The summed E-state index contributed by atoms with van der Waals surface area (Å²) in [4.78, 5) is 67.0. The van der Waals surface area contributed by atoms with E-state index in [9.17, 15) is 19.2 Å². The number of thiophene rings is 2. The molecule has 0 radical (unpaired) electrons. The minimum absolute atomic E-state index is 0.271. The van der Waals surface area contributed by atoms with Crippen LogP contribution in [0.25, 0.3) is 41.6 Å². The second-order valence-electron chi connectivity index (χ2n) is 20.3. The minimum Gasteiger partial charge on any atom is -0.444 e. The molecule has 0 spiro atoms. The van der Waals surface area contributed by atoms with Gasteiger partial charge in [0.15, 0.2) is 0 Å².